The minimum Gasteiger partial charge on any atom is -0.362 e. The third kappa shape index (κ3) is 3.69. The number of hydrogen-bond donors (Lipinski definition) is 2. The van der Waals surface area contributed by atoms with E-state index in [9.17, 15) is 0 Å². The van der Waals surface area contributed by atoms with E-state index in [4.69, 9.17) is 0 Å². The van der Waals surface area contributed by atoms with Gasteiger partial charge in [-0.05, 0) is 45.3 Å². The lowest BCUT2D eigenvalue weighted by atomic mass is 9.94. The summed E-state index contributed by atoms with van der Waals surface area (Å²) in [5, 5.41) is 11.2. The van der Waals surface area contributed by atoms with E-state index in [1.807, 2.05) is 24.9 Å². The van der Waals surface area contributed by atoms with E-state index >= 15 is 0 Å². The lowest BCUT2D eigenvalue weighted by molar-refractivity contribution is 0.452. The van der Waals surface area contributed by atoms with Crippen molar-refractivity contribution in [3.05, 3.63) is 35.5 Å². The van der Waals surface area contributed by atoms with Crippen LogP contribution in [0.3, 0.4) is 0 Å². The number of aromatic nitrogens is 4. The van der Waals surface area contributed by atoms with E-state index < -0.39 is 0 Å². The van der Waals surface area contributed by atoms with Crippen LogP contribution in [0.5, 0.6) is 0 Å². The molecule has 1 fully saturated rings. The van der Waals surface area contributed by atoms with Crippen LogP contribution in [0, 0.1) is 6.92 Å². The van der Waals surface area contributed by atoms with Crippen molar-refractivity contribution in [2.45, 2.75) is 45.1 Å². The Balaban J connectivity index is 1.81. The SMILES string of the molecule is CC[C@@H](Nc1cc(C2CCNCC2)nc(C)n1)c1ccnn1C. The lowest BCUT2D eigenvalue weighted by Crippen LogP contribution is -2.27. The molecule has 1 saturated heterocycles. The summed E-state index contributed by atoms with van der Waals surface area (Å²) in [6.45, 7) is 6.29. The van der Waals surface area contributed by atoms with Crippen LogP contribution in [-0.2, 0) is 7.05 Å². The molecule has 23 heavy (non-hydrogen) atoms. The molecule has 0 amide bonds. The van der Waals surface area contributed by atoms with E-state index in [0.717, 1.165) is 44.0 Å². The molecule has 1 atom stereocenters. The average Bonchev–Trinajstić information content (AvgIpc) is 2.99. The molecule has 2 N–H and O–H groups in total. The van der Waals surface area contributed by atoms with Gasteiger partial charge in [0, 0.05) is 30.9 Å². The minimum absolute atomic E-state index is 0.206. The molecule has 0 spiro atoms. The van der Waals surface area contributed by atoms with Crippen molar-refractivity contribution >= 4 is 5.82 Å². The predicted octanol–water partition coefficient (Wildman–Crippen LogP) is 2.55. The molecule has 0 radical (unpaired) electrons. The zero-order valence-electron chi connectivity index (χ0n) is 14.2. The number of rotatable bonds is 5. The van der Waals surface area contributed by atoms with Gasteiger partial charge >= 0.3 is 0 Å². The maximum absolute atomic E-state index is 4.67. The van der Waals surface area contributed by atoms with Crippen molar-refractivity contribution in [1.29, 1.82) is 0 Å². The summed E-state index contributed by atoms with van der Waals surface area (Å²) in [5.41, 5.74) is 2.34. The number of piperidine rings is 1. The highest BCUT2D eigenvalue weighted by molar-refractivity contribution is 5.39. The Morgan fingerprint density at radius 2 is 2.13 bits per heavy atom. The van der Waals surface area contributed by atoms with E-state index in [-0.39, 0.29) is 6.04 Å². The summed E-state index contributed by atoms with van der Waals surface area (Å²) in [4.78, 5) is 9.26. The predicted molar refractivity (Wildman–Crippen MR) is 91.5 cm³/mol. The van der Waals surface area contributed by atoms with E-state index in [2.05, 4.69) is 44.8 Å². The molecule has 0 saturated carbocycles. The van der Waals surface area contributed by atoms with Gasteiger partial charge in [0.1, 0.15) is 11.6 Å². The molecule has 1 aliphatic heterocycles. The van der Waals surface area contributed by atoms with Gasteiger partial charge in [0.15, 0.2) is 0 Å². The van der Waals surface area contributed by atoms with Crippen LogP contribution in [0.2, 0.25) is 0 Å². The summed E-state index contributed by atoms with van der Waals surface area (Å²) in [7, 11) is 1.98. The second kappa shape index (κ2) is 7.08. The van der Waals surface area contributed by atoms with Gasteiger partial charge in [0.25, 0.3) is 0 Å². The molecule has 0 aromatic carbocycles. The van der Waals surface area contributed by atoms with Gasteiger partial charge < -0.3 is 10.6 Å². The molecule has 3 rings (SSSR count). The van der Waals surface area contributed by atoms with E-state index in [1.165, 1.54) is 11.4 Å². The zero-order chi connectivity index (χ0) is 16.2. The second-order valence-corrected chi connectivity index (χ2v) is 6.23. The normalized spacial score (nSPS) is 17.2. The van der Waals surface area contributed by atoms with Gasteiger partial charge in [0.05, 0.1) is 11.7 Å². The number of anilines is 1. The molecule has 2 aromatic heterocycles. The Morgan fingerprint density at radius 3 is 2.78 bits per heavy atom. The van der Waals surface area contributed by atoms with Crippen molar-refractivity contribution < 1.29 is 0 Å². The van der Waals surface area contributed by atoms with Crippen molar-refractivity contribution in [2.75, 3.05) is 18.4 Å². The maximum Gasteiger partial charge on any atom is 0.130 e. The highest BCUT2D eigenvalue weighted by Gasteiger charge is 2.19. The molecule has 124 valence electrons. The first kappa shape index (κ1) is 15.9. The quantitative estimate of drug-likeness (QED) is 0.888. The first-order chi connectivity index (χ1) is 11.2. The van der Waals surface area contributed by atoms with Crippen LogP contribution in [0.15, 0.2) is 18.3 Å². The Labute approximate surface area is 137 Å². The molecule has 0 bridgehead atoms. The minimum atomic E-state index is 0.206. The van der Waals surface area contributed by atoms with E-state index in [0.29, 0.717) is 5.92 Å². The van der Waals surface area contributed by atoms with E-state index in [1.54, 1.807) is 0 Å². The van der Waals surface area contributed by atoms with Crippen LogP contribution in [-0.4, -0.2) is 32.8 Å². The fraction of sp³-hybridized carbons (Fsp3) is 0.588. The molecular weight excluding hydrogens is 288 g/mol. The van der Waals surface area contributed by atoms with Crippen LogP contribution in [0.25, 0.3) is 0 Å². The summed E-state index contributed by atoms with van der Waals surface area (Å²) in [6, 6.07) is 4.39. The fourth-order valence-electron chi connectivity index (χ4n) is 3.28. The van der Waals surface area contributed by atoms with Gasteiger partial charge in [-0.3, -0.25) is 4.68 Å². The van der Waals surface area contributed by atoms with Crippen molar-refractivity contribution in [3.8, 4) is 0 Å². The van der Waals surface area contributed by atoms with Crippen LogP contribution in [0.4, 0.5) is 5.82 Å². The number of aryl methyl sites for hydroxylation is 2. The summed E-state index contributed by atoms with van der Waals surface area (Å²) in [6.07, 6.45) is 5.11. The smallest absolute Gasteiger partial charge is 0.130 e. The average molecular weight is 314 g/mol. The topological polar surface area (TPSA) is 67.7 Å². The highest BCUT2D eigenvalue weighted by Crippen LogP contribution is 2.27. The first-order valence-corrected chi connectivity index (χ1v) is 8.48. The molecule has 6 heteroatoms. The largest absolute Gasteiger partial charge is 0.362 e. The van der Waals surface area contributed by atoms with Crippen LogP contribution in [0.1, 0.15) is 55.4 Å². The number of hydrogen-bond acceptors (Lipinski definition) is 5. The van der Waals surface area contributed by atoms with Crippen molar-refractivity contribution in [3.63, 3.8) is 0 Å². The standard InChI is InChI=1S/C17H26N6/c1-4-14(16-7-10-19-23(16)3)22-17-11-15(20-12(2)21-17)13-5-8-18-9-6-13/h7,10-11,13-14,18H,4-6,8-9H2,1-3H3,(H,20,21,22)/t14-/m1/s1. The Bertz CT molecular complexity index is 644. The highest BCUT2D eigenvalue weighted by atomic mass is 15.3. The molecule has 2 aromatic rings. The summed E-state index contributed by atoms with van der Waals surface area (Å²) < 4.78 is 1.92. The number of nitrogens with one attached hydrogen (secondary N) is 2. The van der Waals surface area contributed by atoms with Crippen molar-refractivity contribution in [1.82, 2.24) is 25.1 Å². The Hall–Kier alpha value is -1.95. The van der Waals surface area contributed by atoms with Gasteiger partial charge in [-0.1, -0.05) is 6.92 Å². The molecule has 3 heterocycles. The first-order valence-electron chi connectivity index (χ1n) is 8.48. The number of nitrogens with zero attached hydrogens (tertiary/aromatic N) is 4. The molecular formula is C17H26N6. The third-order valence-electron chi connectivity index (χ3n) is 4.56. The summed E-state index contributed by atoms with van der Waals surface area (Å²) in [5.74, 6) is 2.29. The second-order valence-electron chi connectivity index (χ2n) is 6.23. The fourth-order valence-corrected chi connectivity index (χ4v) is 3.28. The monoisotopic (exact) mass is 314 g/mol. The van der Waals surface area contributed by atoms with Gasteiger partial charge in [-0.15, -0.1) is 0 Å². The van der Waals surface area contributed by atoms with Crippen molar-refractivity contribution in [2.24, 2.45) is 7.05 Å². The van der Waals surface area contributed by atoms with Crippen LogP contribution < -0.4 is 10.6 Å². The van der Waals surface area contributed by atoms with Crippen LogP contribution >= 0.6 is 0 Å². The van der Waals surface area contributed by atoms with Gasteiger partial charge in [0.2, 0.25) is 0 Å². The third-order valence-corrected chi connectivity index (χ3v) is 4.56. The molecule has 6 nitrogen and oxygen atoms in total. The van der Waals surface area contributed by atoms with Gasteiger partial charge in [-0.2, -0.15) is 5.10 Å². The molecule has 0 unspecified atom stereocenters. The summed E-state index contributed by atoms with van der Waals surface area (Å²) >= 11 is 0. The lowest BCUT2D eigenvalue weighted by Gasteiger charge is -2.23. The molecule has 0 aliphatic carbocycles. The Morgan fingerprint density at radius 1 is 1.35 bits per heavy atom. The zero-order valence-corrected chi connectivity index (χ0v) is 14.2. The maximum atomic E-state index is 4.67. The molecule has 1 aliphatic rings. The van der Waals surface area contributed by atoms with Gasteiger partial charge in [-0.25, -0.2) is 9.97 Å². The Kier molecular flexibility index (Phi) is 4.91.